The van der Waals surface area contributed by atoms with E-state index in [1.165, 1.54) is 12.1 Å². The molecule has 0 saturated carbocycles. The van der Waals surface area contributed by atoms with Crippen LogP contribution < -0.4 is 5.32 Å². The van der Waals surface area contributed by atoms with Gasteiger partial charge in [-0.2, -0.15) is 5.10 Å². The number of anilines is 1. The molecule has 30 heavy (non-hydrogen) atoms. The molecule has 0 unspecified atom stereocenters. The lowest BCUT2D eigenvalue weighted by Gasteiger charge is -2.36. The monoisotopic (exact) mass is 443 g/mol. The maximum absolute atomic E-state index is 13.1. The van der Waals surface area contributed by atoms with Gasteiger partial charge in [0.25, 0.3) is 0 Å². The van der Waals surface area contributed by atoms with Gasteiger partial charge in [-0.3, -0.25) is 9.58 Å². The largest absolute Gasteiger partial charge is 0.346 e. The summed E-state index contributed by atoms with van der Waals surface area (Å²) < 4.78 is 14.9. The minimum absolute atomic E-state index is 0.198. The van der Waals surface area contributed by atoms with Gasteiger partial charge < -0.3 is 10.2 Å². The van der Waals surface area contributed by atoms with Gasteiger partial charge in [0.2, 0.25) is 0 Å². The molecule has 0 spiro atoms. The quantitative estimate of drug-likeness (QED) is 0.597. The van der Waals surface area contributed by atoms with E-state index in [4.69, 9.17) is 23.8 Å². The summed E-state index contributed by atoms with van der Waals surface area (Å²) >= 11 is 11.6. The van der Waals surface area contributed by atoms with Crippen molar-refractivity contribution in [3.8, 4) is 0 Å². The van der Waals surface area contributed by atoms with Gasteiger partial charge in [0.15, 0.2) is 5.11 Å². The van der Waals surface area contributed by atoms with Crippen LogP contribution in [0.5, 0.6) is 0 Å². The van der Waals surface area contributed by atoms with E-state index in [1.54, 1.807) is 6.20 Å². The summed E-state index contributed by atoms with van der Waals surface area (Å²) in [6, 6.07) is 14.5. The minimum Gasteiger partial charge on any atom is -0.346 e. The molecule has 0 radical (unpaired) electrons. The fourth-order valence-electron chi connectivity index (χ4n) is 3.50. The summed E-state index contributed by atoms with van der Waals surface area (Å²) in [4.78, 5) is 4.53. The van der Waals surface area contributed by atoms with E-state index in [0.717, 1.165) is 54.6 Å². The summed E-state index contributed by atoms with van der Waals surface area (Å²) in [7, 11) is 0. The molecule has 1 fully saturated rings. The zero-order valence-electron chi connectivity index (χ0n) is 16.5. The third-order valence-electron chi connectivity index (χ3n) is 5.10. The molecule has 1 aromatic heterocycles. The van der Waals surface area contributed by atoms with Gasteiger partial charge in [-0.25, -0.2) is 4.39 Å². The van der Waals surface area contributed by atoms with Crippen molar-refractivity contribution >= 4 is 34.6 Å². The molecule has 2 heterocycles. The maximum atomic E-state index is 13.1. The van der Waals surface area contributed by atoms with Crippen molar-refractivity contribution in [2.24, 2.45) is 0 Å². The number of hydrogen-bond donors (Lipinski definition) is 1. The molecule has 1 N–H and O–H groups in total. The summed E-state index contributed by atoms with van der Waals surface area (Å²) in [5.74, 6) is -0.198. The van der Waals surface area contributed by atoms with Crippen LogP contribution in [0.3, 0.4) is 0 Å². The van der Waals surface area contributed by atoms with E-state index in [2.05, 4.69) is 20.2 Å². The Bertz CT molecular complexity index is 999. The van der Waals surface area contributed by atoms with Gasteiger partial charge in [-0.15, -0.1) is 0 Å². The Hall–Kier alpha value is -2.48. The highest BCUT2D eigenvalue weighted by Crippen LogP contribution is 2.14. The van der Waals surface area contributed by atoms with Crippen molar-refractivity contribution in [3.63, 3.8) is 0 Å². The summed E-state index contributed by atoms with van der Waals surface area (Å²) in [6.07, 6.45) is 3.72. The average Bonchev–Trinajstić information content (AvgIpc) is 3.17. The lowest BCUT2D eigenvalue weighted by Crippen LogP contribution is -2.49. The van der Waals surface area contributed by atoms with Crippen LogP contribution in [0.15, 0.2) is 60.9 Å². The first-order valence-electron chi connectivity index (χ1n) is 9.85. The van der Waals surface area contributed by atoms with Crippen LogP contribution in [0, 0.1) is 5.82 Å². The van der Waals surface area contributed by atoms with E-state index in [1.807, 2.05) is 47.3 Å². The average molecular weight is 444 g/mol. The van der Waals surface area contributed by atoms with Crippen LogP contribution in [0.2, 0.25) is 5.02 Å². The molecule has 0 atom stereocenters. The number of aromatic nitrogens is 2. The molecule has 1 aliphatic heterocycles. The number of nitrogens with zero attached hydrogens (tertiary/aromatic N) is 4. The van der Waals surface area contributed by atoms with E-state index in [9.17, 15) is 4.39 Å². The van der Waals surface area contributed by atoms with Crippen LogP contribution in [0.25, 0.3) is 0 Å². The second kappa shape index (κ2) is 9.55. The van der Waals surface area contributed by atoms with Gasteiger partial charge in [0, 0.05) is 43.9 Å². The van der Waals surface area contributed by atoms with Crippen LogP contribution in [-0.4, -0.2) is 50.9 Å². The Balaban J connectivity index is 1.26. The van der Waals surface area contributed by atoms with Crippen LogP contribution >= 0.6 is 23.8 Å². The first-order chi connectivity index (χ1) is 14.5. The Kier molecular flexibility index (Phi) is 6.62. The van der Waals surface area contributed by atoms with E-state index in [0.29, 0.717) is 11.7 Å². The van der Waals surface area contributed by atoms with E-state index in [-0.39, 0.29) is 5.82 Å². The van der Waals surface area contributed by atoms with Crippen LogP contribution in [0.1, 0.15) is 11.1 Å². The Labute approximate surface area is 186 Å². The summed E-state index contributed by atoms with van der Waals surface area (Å²) in [5, 5.41) is 9.12. The van der Waals surface area contributed by atoms with Gasteiger partial charge in [0.1, 0.15) is 5.82 Å². The lowest BCUT2D eigenvalue weighted by atomic mass is 10.2. The standard InChI is InChI=1S/C22H23ClFN5S/c23-19-3-1-2-18(12-19)15-29-16-21(13-25-29)26-22(30)28-10-8-27(9-11-28)14-17-4-6-20(24)7-5-17/h1-7,12-13,16H,8-11,14-15H2,(H,26,30). The Morgan fingerprint density at radius 1 is 1.03 bits per heavy atom. The lowest BCUT2D eigenvalue weighted by molar-refractivity contribution is 0.177. The topological polar surface area (TPSA) is 36.3 Å². The molecule has 0 amide bonds. The second-order valence-electron chi connectivity index (χ2n) is 7.38. The molecule has 5 nitrogen and oxygen atoms in total. The Morgan fingerprint density at radius 3 is 2.53 bits per heavy atom. The van der Waals surface area contributed by atoms with Crippen molar-refractivity contribution in [2.45, 2.75) is 13.1 Å². The van der Waals surface area contributed by atoms with Gasteiger partial charge in [-0.1, -0.05) is 35.9 Å². The highest BCUT2D eigenvalue weighted by molar-refractivity contribution is 7.80. The van der Waals surface area contributed by atoms with Crippen molar-refractivity contribution < 1.29 is 4.39 Å². The number of benzene rings is 2. The predicted octanol–water partition coefficient (Wildman–Crippen LogP) is 4.24. The smallest absolute Gasteiger partial charge is 0.173 e. The molecule has 8 heteroatoms. The molecule has 0 aliphatic carbocycles. The highest BCUT2D eigenvalue weighted by atomic mass is 35.5. The fourth-order valence-corrected chi connectivity index (χ4v) is 4.01. The van der Waals surface area contributed by atoms with Gasteiger partial charge in [0.05, 0.1) is 18.4 Å². The predicted molar refractivity (Wildman–Crippen MR) is 122 cm³/mol. The van der Waals surface area contributed by atoms with Crippen LogP contribution in [0.4, 0.5) is 10.1 Å². The second-order valence-corrected chi connectivity index (χ2v) is 8.20. The zero-order chi connectivity index (χ0) is 20.9. The van der Waals surface area contributed by atoms with Gasteiger partial charge in [-0.05, 0) is 47.6 Å². The van der Waals surface area contributed by atoms with Crippen molar-refractivity contribution in [1.82, 2.24) is 19.6 Å². The van der Waals surface area contributed by atoms with E-state index < -0.39 is 0 Å². The number of nitrogens with one attached hydrogen (secondary N) is 1. The number of thiocarbonyl (C=S) groups is 1. The summed E-state index contributed by atoms with van der Waals surface area (Å²) in [6.45, 7) is 5.00. The first kappa shape index (κ1) is 20.8. The van der Waals surface area contributed by atoms with Crippen molar-refractivity contribution in [1.29, 1.82) is 0 Å². The molecule has 2 aromatic carbocycles. The molecule has 4 rings (SSSR count). The number of halogens is 2. The Morgan fingerprint density at radius 2 is 1.80 bits per heavy atom. The zero-order valence-corrected chi connectivity index (χ0v) is 18.0. The molecule has 156 valence electrons. The highest BCUT2D eigenvalue weighted by Gasteiger charge is 2.19. The molecular formula is C22H23ClFN5S. The maximum Gasteiger partial charge on any atom is 0.173 e. The third-order valence-corrected chi connectivity index (χ3v) is 5.69. The van der Waals surface area contributed by atoms with E-state index >= 15 is 0 Å². The molecular weight excluding hydrogens is 421 g/mol. The number of hydrogen-bond acceptors (Lipinski definition) is 3. The molecule has 3 aromatic rings. The number of piperazine rings is 1. The molecule has 1 saturated heterocycles. The summed E-state index contributed by atoms with van der Waals surface area (Å²) in [5.41, 5.74) is 3.09. The van der Waals surface area contributed by atoms with Crippen LogP contribution in [-0.2, 0) is 13.1 Å². The third kappa shape index (κ3) is 5.56. The minimum atomic E-state index is -0.198. The van der Waals surface area contributed by atoms with Crippen molar-refractivity contribution in [3.05, 3.63) is 82.9 Å². The number of rotatable bonds is 5. The van der Waals surface area contributed by atoms with Crippen molar-refractivity contribution in [2.75, 3.05) is 31.5 Å². The fraction of sp³-hybridized carbons (Fsp3) is 0.273. The first-order valence-corrected chi connectivity index (χ1v) is 10.6. The van der Waals surface area contributed by atoms with Gasteiger partial charge >= 0.3 is 0 Å². The molecule has 0 bridgehead atoms. The molecule has 1 aliphatic rings. The SMILES string of the molecule is Fc1ccc(CN2CCN(C(=S)Nc3cnn(Cc4cccc(Cl)c4)c3)CC2)cc1. The normalized spacial score (nSPS) is 14.7.